The molecule has 0 unspecified atom stereocenters. The highest BCUT2D eigenvalue weighted by Crippen LogP contribution is 2.45. The van der Waals surface area contributed by atoms with E-state index in [2.05, 4.69) is 49.1 Å². The molecule has 0 amide bonds. The minimum atomic E-state index is 0.268. The molecule has 0 radical (unpaired) electrons. The van der Waals surface area contributed by atoms with Crippen LogP contribution >= 0.6 is 22.7 Å². The zero-order valence-corrected chi connectivity index (χ0v) is 12.7. The number of thiophene rings is 2. The second-order valence-corrected chi connectivity index (χ2v) is 7.85. The van der Waals surface area contributed by atoms with Crippen LogP contribution in [0.3, 0.4) is 0 Å². The predicted molar refractivity (Wildman–Crippen MR) is 80.5 cm³/mol. The SMILES string of the molecule is C[N+]1(C)CCCC(c2cccs2)(c2cccs2)C1. The fourth-order valence-corrected chi connectivity index (χ4v) is 5.31. The quantitative estimate of drug-likeness (QED) is 0.729. The number of nitrogens with zero attached hydrogens (tertiary/aromatic N) is 1. The average Bonchev–Trinajstić information content (AvgIpc) is 3.02. The number of hydrogen-bond donors (Lipinski definition) is 0. The molecule has 1 aliphatic heterocycles. The molecule has 1 nitrogen and oxygen atoms in total. The zero-order valence-electron chi connectivity index (χ0n) is 11.1. The first-order chi connectivity index (χ1) is 8.62. The maximum atomic E-state index is 2.37. The van der Waals surface area contributed by atoms with Gasteiger partial charge in [-0.15, -0.1) is 22.7 Å². The van der Waals surface area contributed by atoms with Crippen molar-refractivity contribution in [2.75, 3.05) is 27.2 Å². The largest absolute Gasteiger partial charge is 0.327 e. The van der Waals surface area contributed by atoms with Gasteiger partial charge in [0.15, 0.2) is 0 Å². The highest BCUT2D eigenvalue weighted by Gasteiger charge is 2.45. The molecule has 1 fully saturated rings. The van der Waals surface area contributed by atoms with E-state index in [1.165, 1.54) is 25.9 Å². The van der Waals surface area contributed by atoms with Crippen LogP contribution in [-0.4, -0.2) is 31.7 Å². The second kappa shape index (κ2) is 4.48. The van der Waals surface area contributed by atoms with Gasteiger partial charge in [0.1, 0.15) is 0 Å². The molecule has 0 bridgehead atoms. The van der Waals surface area contributed by atoms with Gasteiger partial charge in [0.25, 0.3) is 0 Å². The summed E-state index contributed by atoms with van der Waals surface area (Å²) in [6.07, 6.45) is 2.62. The Balaban J connectivity index is 2.09. The summed E-state index contributed by atoms with van der Waals surface area (Å²) in [6.45, 7) is 2.53. The Hall–Kier alpha value is -0.640. The molecule has 0 aliphatic carbocycles. The van der Waals surface area contributed by atoms with Gasteiger partial charge in [0.2, 0.25) is 0 Å². The van der Waals surface area contributed by atoms with Gasteiger partial charge in [-0.1, -0.05) is 12.1 Å². The molecule has 1 aliphatic rings. The van der Waals surface area contributed by atoms with Gasteiger partial charge in [-0.3, -0.25) is 0 Å². The molecule has 0 saturated carbocycles. The molecular weight excluding hydrogens is 258 g/mol. The van der Waals surface area contributed by atoms with Crippen LogP contribution in [0.2, 0.25) is 0 Å². The minimum absolute atomic E-state index is 0.268. The van der Waals surface area contributed by atoms with E-state index in [0.29, 0.717) is 0 Å². The summed E-state index contributed by atoms with van der Waals surface area (Å²) in [4.78, 5) is 3.10. The number of likely N-dealkylation sites (N-methyl/N-ethyl adjacent to an activating group) is 1. The molecule has 3 heteroatoms. The van der Waals surface area contributed by atoms with Crippen molar-refractivity contribution in [1.82, 2.24) is 0 Å². The maximum absolute atomic E-state index is 2.37. The first-order valence-corrected chi connectivity index (χ1v) is 8.28. The summed E-state index contributed by atoms with van der Waals surface area (Å²) in [5.74, 6) is 0. The monoisotopic (exact) mass is 278 g/mol. The van der Waals surface area contributed by atoms with Gasteiger partial charge in [-0.2, -0.15) is 0 Å². The molecule has 96 valence electrons. The smallest absolute Gasteiger partial charge is 0.0938 e. The lowest BCUT2D eigenvalue weighted by atomic mass is 9.76. The molecule has 0 atom stereocenters. The molecule has 18 heavy (non-hydrogen) atoms. The van der Waals surface area contributed by atoms with Crippen LogP contribution in [-0.2, 0) is 5.41 Å². The van der Waals surface area contributed by atoms with Crippen molar-refractivity contribution in [3.8, 4) is 0 Å². The zero-order chi connectivity index (χ0) is 12.6. The van der Waals surface area contributed by atoms with Crippen LogP contribution in [0.5, 0.6) is 0 Å². The summed E-state index contributed by atoms with van der Waals surface area (Å²) in [5, 5.41) is 4.44. The fourth-order valence-electron chi connectivity index (χ4n) is 3.32. The Labute approximate surface area is 117 Å². The third-order valence-corrected chi connectivity index (χ3v) is 6.20. The average molecular weight is 278 g/mol. The summed E-state index contributed by atoms with van der Waals surface area (Å²) < 4.78 is 1.13. The molecule has 1 saturated heterocycles. The third kappa shape index (κ3) is 2.04. The first-order valence-electron chi connectivity index (χ1n) is 6.52. The summed E-state index contributed by atoms with van der Waals surface area (Å²) >= 11 is 3.85. The van der Waals surface area contributed by atoms with Crippen molar-refractivity contribution in [2.24, 2.45) is 0 Å². The lowest BCUT2D eigenvalue weighted by Crippen LogP contribution is -2.54. The highest BCUT2D eigenvalue weighted by molar-refractivity contribution is 7.11. The van der Waals surface area contributed by atoms with E-state index in [4.69, 9.17) is 0 Å². The molecular formula is C15H20NS2+. The van der Waals surface area contributed by atoms with Gasteiger partial charge in [-0.05, 0) is 35.7 Å². The fraction of sp³-hybridized carbons (Fsp3) is 0.467. The van der Waals surface area contributed by atoms with Crippen LogP contribution in [0, 0.1) is 0 Å². The van der Waals surface area contributed by atoms with E-state index in [-0.39, 0.29) is 5.41 Å². The van der Waals surface area contributed by atoms with Gasteiger partial charge in [-0.25, -0.2) is 0 Å². The summed E-state index contributed by atoms with van der Waals surface area (Å²) in [5.41, 5.74) is 0.268. The van der Waals surface area contributed by atoms with E-state index in [9.17, 15) is 0 Å². The molecule has 2 aromatic heterocycles. The van der Waals surface area contributed by atoms with Crippen molar-refractivity contribution in [3.05, 3.63) is 44.8 Å². The summed E-state index contributed by atoms with van der Waals surface area (Å²) in [7, 11) is 4.74. The topological polar surface area (TPSA) is 0 Å². The second-order valence-electron chi connectivity index (χ2n) is 5.96. The molecule has 0 N–H and O–H groups in total. The molecule has 2 aromatic rings. The van der Waals surface area contributed by atoms with E-state index in [0.717, 1.165) is 4.48 Å². The number of piperidine rings is 1. The van der Waals surface area contributed by atoms with E-state index in [1.807, 2.05) is 22.7 Å². The van der Waals surface area contributed by atoms with Crippen LogP contribution < -0.4 is 0 Å². The molecule has 0 spiro atoms. The minimum Gasteiger partial charge on any atom is -0.327 e. The Morgan fingerprint density at radius 2 is 1.67 bits per heavy atom. The normalized spacial score (nSPS) is 21.9. The number of rotatable bonds is 2. The van der Waals surface area contributed by atoms with E-state index < -0.39 is 0 Å². The molecule has 3 rings (SSSR count). The van der Waals surface area contributed by atoms with Crippen LogP contribution in [0.1, 0.15) is 22.6 Å². The van der Waals surface area contributed by atoms with Gasteiger partial charge in [0, 0.05) is 9.75 Å². The van der Waals surface area contributed by atoms with Gasteiger partial charge >= 0.3 is 0 Å². The Bertz CT molecular complexity index is 462. The first kappa shape index (κ1) is 12.4. The van der Waals surface area contributed by atoms with E-state index >= 15 is 0 Å². The molecule has 0 aromatic carbocycles. The maximum Gasteiger partial charge on any atom is 0.0938 e. The van der Waals surface area contributed by atoms with Crippen molar-refractivity contribution < 1.29 is 4.48 Å². The van der Waals surface area contributed by atoms with Crippen LogP contribution in [0.25, 0.3) is 0 Å². The number of quaternary nitrogens is 1. The van der Waals surface area contributed by atoms with Crippen LogP contribution in [0.4, 0.5) is 0 Å². The van der Waals surface area contributed by atoms with Crippen molar-refractivity contribution in [2.45, 2.75) is 18.3 Å². The van der Waals surface area contributed by atoms with Crippen molar-refractivity contribution in [3.63, 3.8) is 0 Å². The molecule has 3 heterocycles. The number of likely N-dealkylation sites (tertiary alicyclic amines) is 1. The third-order valence-electron chi connectivity index (χ3n) is 4.05. The lowest BCUT2D eigenvalue weighted by Gasteiger charge is -2.45. The Kier molecular flexibility index (Phi) is 3.08. The predicted octanol–water partition coefficient (Wildman–Crippen LogP) is 3.97. The number of hydrogen-bond acceptors (Lipinski definition) is 2. The summed E-state index contributed by atoms with van der Waals surface area (Å²) in [6, 6.07) is 9.05. The Morgan fingerprint density at radius 1 is 1.06 bits per heavy atom. The highest BCUT2D eigenvalue weighted by atomic mass is 32.1. The van der Waals surface area contributed by atoms with Gasteiger partial charge < -0.3 is 4.48 Å². The standard InChI is InChI=1S/C15H20NS2/c1-16(2)9-5-8-15(12-16,13-6-3-10-17-13)14-7-4-11-18-14/h3-4,6-7,10-11H,5,8-9,12H2,1-2H3/q+1. The van der Waals surface area contributed by atoms with Crippen molar-refractivity contribution >= 4 is 22.7 Å². The lowest BCUT2D eigenvalue weighted by molar-refractivity contribution is -0.899. The Morgan fingerprint density at radius 3 is 2.11 bits per heavy atom. The van der Waals surface area contributed by atoms with E-state index in [1.54, 1.807) is 9.75 Å². The van der Waals surface area contributed by atoms with Gasteiger partial charge in [0.05, 0.1) is 32.6 Å². The van der Waals surface area contributed by atoms with Crippen LogP contribution in [0.15, 0.2) is 35.0 Å². The van der Waals surface area contributed by atoms with Crippen molar-refractivity contribution in [1.29, 1.82) is 0 Å².